The van der Waals surface area contributed by atoms with E-state index in [0.29, 0.717) is 19.0 Å². The minimum absolute atomic E-state index is 0.0237. The molecule has 2 rings (SSSR count). The topological polar surface area (TPSA) is 78.4 Å². The maximum absolute atomic E-state index is 10.9. The number of rotatable bonds is 2. The standard InChI is InChI=1S/C10H12Cl2N4O2/c11-7-4-8(12)15-9(14-7)13-6-2-1-3-16(5-6)10(17)18/h4,6H,1-3,5H2,(H,17,18)(H,13,14,15)/t6-/m0/s1. The third-order valence-corrected chi connectivity index (χ3v) is 3.08. The van der Waals surface area contributed by atoms with Gasteiger partial charge in [-0.15, -0.1) is 0 Å². The number of nitrogens with zero attached hydrogens (tertiary/aromatic N) is 3. The van der Waals surface area contributed by atoms with Crippen LogP contribution in [0.25, 0.3) is 0 Å². The second-order valence-corrected chi connectivity index (χ2v) is 4.82. The van der Waals surface area contributed by atoms with Gasteiger partial charge in [0.1, 0.15) is 10.3 Å². The van der Waals surface area contributed by atoms with Gasteiger partial charge in [0, 0.05) is 25.2 Å². The molecule has 0 bridgehead atoms. The molecule has 0 radical (unpaired) electrons. The number of hydrogen-bond acceptors (Lipinski definition) is 4. The molecule has 6 nitrogen and oxygen atoms in total. The molecule has 2 N–H and O–H groups in total. The van der Waals surface area contributed by atoms with Crippen LogP contribution in [0.2, 0.25) is 10.3 Å². The summed E-state index contributed by atoms with van der Waals surface area (Å²) in [5.41, 5.74) is 0. The lowest BCUT2D eigenvalue weighted by molar-refractivity contribution is 0.132. The molecule has 1 saturated heterocycles. The number of likely N-dealkylation sites (tertiary alicyclic amines) is 1. The first kappa shape index (κ1) is 13.2. The normalized spacial score (nSPS) is 19.7. The Morgan fingerprint density at radius 2 is 2.11 bits per heavy atom. The fraction of sp³-hybridized carbons (Fsp3) is 0.500. The highest BCUT2D eigenvalue weighted by atomic mass is 35.5. The van der Waals surface area contributed by atoms with Crippen LogP contribution in [0.4, 0.5) is 10.7 Å². The van der Waals surface area contributed by atoms with Crippen LogP contribution >= 0.6 is 23.2 Å². The Kier molecular flexibility index (Phi) is 4.08. The van der Waals surface area contributed by atoms with E-state index in [0.717, 1.165) is 12.8 Å². The maximum atomic E-state index is 10.9. The number of halogens is 2. The van der Waals surface area contributed by atoms with Gasteiger partial charge in [0.2, 0.25) is 5.95 Å². The summed E-state index contributed by atoms with van der Waals surface area (Å²) >= 11 is 11.5. The molecule has 8 heteroatoms. The molecule has 1 atom stereocenters. The van der Waals surface area contributed by atoms with Crippen molar-refractivity contribution in [3.05, 3.63) is 16.4 Å². The van der Waals surface area contributed by atoms with Crippen molar-refractivity contribution < 1.29 is 9.90 Å². The highest BCUT2D eigenvalue weighted by molar-refractivity contribution is 6.33. The average molecular weight is 291 g/mol. The molecule has 1 fully saturated rings. The van der Waals surface area contributed by atoms with Gasteiger partial charge < -0.3 is 15.3 Å². The van der Waals surface area contributed by atoms with E-state index in [9.17, 15) is 4.79 Å². The number of carboxylic acid groups (broad SMARTS) is 1. The fourth-order valence-corrected chi connectivity index (χ4v) is 2.33. The van der Waals surface area contributed by atoms with Crippen molar-refractivity contribution in [2.45, 2.75) is 18.9 Å². The van der Waals surface area contributed by atoms with Gasteiger partial charge in [-0.05, 0) is 12.8 Å². The van der Waals surface area contributed by atoms with Crippen LogP contribution in [-0.2, 0) is 0 Å². The van der Waals surface area contributed by atoms with Crippen molar-refractivity contribution in [2.24, 2.45) is 0 Å². The van der Waals surface area contributed by atoms with E-state index in [1.165, 1.54) is 11.0 Å². The molecule has 1 aliphatic heterocycles. The zero-order valence-electron chi connectivity index (χ0n) is 9.44. The number of aromatic nitrogens is 2. The van der Waals surface area contributed by atoms with Crippen LogP contribution in [0.3, 0.4) is 0 Å². The molecule has 0 aromatic carbocycles. The number of nitrogens with one attached hydrogen (secondary N) is 1. The van der Waals surface area contributed by atoms with Crippen molar-refractivity contribution in [2.75, 3.05) is 18.4 Å². The van der Waals surface area contributed by atoms with Gasteiger partial charge in [-0.2, -0.15) is 0 Å². The summed E-state index contributed by atoms with van der Waals surface area (Å²) in [5.74, 6) is 0.324. The van der Waals surface area contributed by atoms with E-state index in [-0.39, 0.29) is 16.3 Å². The van der Waals surface area contributed by atoms with Crippen molar-refractivity contribution >= 4 is 35.2 Å². The van der Waals surface area contributed by atoms with Crippen LogP contribution in [0.15, 0.2) is 6.07 Å². The average Bonchev–Trinajstić information content (AvgIpc) is 2.27. The summed E-state index contributed by atoms with van der Waals surface area (Å²) in [6.07, 6.45) is 0.752. The summed E-state index contributed by atoms with van der Waals surface area (Å²) in [4.78, 5) is 20.2. The fourth-order valence-electron chi connectivity index (χ4n) is 1.91. The Morgan fingerprint density at radius 3 is 2.72 bits per heavy atom. The van der Waals surface area contributed by atoms with Crippen molar-refractivity contribution in [3.8, 4) is 0 Å². The molecule has 2 heterocycles. The zero-order valence-corrected chi connectivity index (χ0v) is 10.9. The molecule has 1 aromatic heterocycles. The van der Waals surface area contributed by atoms with Crippen LogP contribution in [0, 0.1) is 0 Å². The minimum Gasteiger partial charge on any atom is -0.465 e. The lowest BCUT2D eigenvalue weighted by Crippen LogP contribution is -2.44. The molecular weight excluding hydrogens is 279 g/mol. The molecule has 98 valence electrons. The minimum atomic E-state index is -0.911. The highest BCUT2D eigenvalue weighted by Crippen LogP contribution is 2.18. The molecule has 1 aromatic rings. The van der Waals surface area contributed by atoms with Gasteiger partial charge in [-0.3, -0.25) is 0 Å². The summed E-state index contributed by atoms with van der Waals surface area (Å²) < 4.78 is 0. The lowest BCUT2D eigenvalue weighted by Gasteiger charge is -2.31. The summed E-state index contributed by atoms with van der Waals surface area (Å²) in [6, 6.07) is 1.42. The van der Waals surface area contributed by atoms with E-state index >= 15 is 0 Å². The van der Waals surface area contributed by atoms with E-state index in [1.54, 1.807) is 0 Å². The quantitative estimate of drug-likeness (QED) is 0.818. The first-order valence-corrected chi connectivity index (χ1v) is 6.24. The van der Waals surface area contributed by atoms with Gasteiger partial charge >= 0.3 is 6.09 Å². The third kappa shape index (κ3) is 3.36. The van der Waals surface area contributed by atoms with Gasteiger partial charge in [-0.25, -0.2) is 14.8 Å². The largest absolute Gasteiger partial charge is 0.465 e. The maximum Gasteiger partial charge on any atom is 0.407 e. The molecular formula is C10H12Cl2N4O2. The number of anilines is 1. The highest BCUT2D eigenvalue weighted by Gasteiger charge is 2.23. The summed E-state index contributed by atoms with van der Waals surface area (Å²) in [7, 11) is 0. The number of carbonyl (C=O) groups is 1. The second-order valence-electron chi connectivity index (χ2n) is 4.05. The van der Waals surface area contributed by atoms with Crippen LogP contribution in [0.5, 0.6) is 0 Å². The van der Waals surface area contributed by atoms with E-state index in [2.05, 4.69) is 15.3 Å². The molecule has 0 unspecified atom stereocenters. The van der Waals surface area contributed by atoms with E-state index < -0.39 is 6.09 Å². The Balaban J connectivity index is 2.02. The van der Waals surface area contributed by atoms with Gasteiger partial charge in [0.25, 0.3) is 0 Å². The Labute approximate surface area is 114 Å². The Bertz CT molecular complexity index is 437. The van der Waals surface area contributed by atoms with Crippen molar-refractivity contribution in [3.63, 3.8) is 0 Å². The van der Waals surface area contributed by atoms with Crippen LogP contribution in [-0.4, -0.2) is 45.2 Å². The van der Waals surface area contributed by atoms with Crippen LogP contribution < -0.4 is 5.32 Å². The molecule has 18 heavy (non-hydrogen) atoms. The molecule has 1 amide bonds. The molecule has 1 aliphatic rings. The van der Waals surface area contributed by atoms with Crippen molar-refractivity contribution in [1.82, 2.24) is 14.9 Å². The monoisotopic (exact) mass is 290 g/mol. The van der Waals surface area contributed by atoms with Crippen LogP contribution in [0.1, 0.15) is 12.8 Å². The SMILES string of the molecule is O=C(O)N1CCC[C@H](Nc2nc(Cl)cc(Cl)n2)C1. The first-order chi connectivity index (χ1) is 8.54. The van der Waals surface area contributed by atoms with Crippen molar-refractivity contribution in [1.29, 1.82) is 0 Å². The zero-order chi connectivity index (χ0) is 13.1. The number of amides is 1. The summed E-state index contributed by atoms with van der Waals surface area (Å²) in [5, 5.41) is 12.5. The predicted octanol–water partition coefficient (Wildman–Crippen LogP) is 2.34. The second kappa shape index (κ2) is 5.58. The predicted molar refractivity (Wildman–Crippen MR) is 68.3 cm³/mol. The number of piperidine rings is 1. The molecule has 0 saturated carbocycles. The van der Waals surface area contributed by atoms with Gasteiger partial charge in [0.15, 0.2) is 0 Å². The third-order valence-electron chi connectivity index (χ3n) is 2.69. The lowest BCUT2D eigenvalue weighted by atomic mass is 10.1. The van der Waals surface area contributed by atoms with E-state index in [1.807, 2.05) is 0 Å². The molecule has 0 aliphatic carbocycles. The molecule has 0 spiro atoms. The Morgan fingerprint density at radius 1 is 1.44 bits per heavy atom. The van der Waals surface area contributed by atoms with Gasteiger partial charge in [0.05, 0.1) is 0 Å². The smallest absolute Gasteiger partial charge is 0.407 e. The number of hydrogen-bond donors (Lipinski definition) is 2. The first-order valence-electron chi connectivity index (χ1n) is 5.49. The Hall–Kier alpha value is -1.27. The van der Waals surface area contributed by atoms with Gasteiger partial charge in [-0.1, -0.05) is 23.2 Å². The summed E-state index contributed by atoms with van der Waals surface area (Å²) in [6.45, 7) is 0.966. The van der Waals surface area contributed by atoms with E-state index in [4.69, 9.17) is 28.3 Å².